The van der Waals surface area contributed by atoms with Crippen molar-refractivity contribution in [2.45, 2.75) is 31.7 Å². The Balaban J connectivity index is 2.23. The summed E-state index contributed by atoms with van der Waals surface area (Å²) in [5.74, 6) is -0.480. The number of carbonyl (C=O) groups is 2. The van der Waals surface area contributed by atoms with Crippen LogP contribution < -0.4 is 5.32 Å². The molecule has 0 saturated heterocycles. The van der Waals surface area contributed by atoms with Gasteiger partial charge >= 0.3 is 0 Å². The fraction of sp³-hybridized carbons (Fsp3) is 0.714. The summed E-state index contributed by atoms with van der Waals surface area (Å²) in [4.78, 5) is 20.4. The van der Waals surface area contributed by atoms with Gasteiger partial charge in [0.05, 0.1) is 0 Å². The van der Waals surface area contributed by atoms with E-state index in [4.69, 9.17) is 0 Å². The van der Waals surface area contributed by atoms with E-state index in [1.165, 1.54) is 12.8 Å². The number of rotatable bonds is 2. The van der Waals surface area contributed by atoms with Crippen LogP contribution in [-0.4, -0.2) is 18.2 Å². The molecule has 0 aromatic heterocycles. The third-order valence-electron chi connectivity index (χ3n) is 1.81. The zero-order valence-corrected chi connectivity index (χ0v) is 5.80. The van der Waals surface area contributed by atoms with Crippen LogP contribution in [0.15, 0.2) is 0 Å². The van der Waals surface area contributed by atoms with Crippen molar-refractivity contribution in [2.24, 2.45) is 0 Å². The van der Waals surface area contributed by atoms with Crippen molar-refractivity contribution >= 4 is 12.2 Å². The predicted octanol–water partition coefficient (Wildman–Crippen LogP) is 0.244. The van der Waals surface area contributed by atoms with Crippen LogP contribution in [0.5, 0.6) is 0 Å². The quantitative estimate of drug-likeness (QED) is 0.442. The first-order chi connectivity index (χ1) is 4.83. The maximum absolute atomic E-state index is 10.5. The summed E-state index contributed by atoms with van der Waals surface area (Å²) in [7, 11) is 0. The van der Waals surface area contributed by atoms with Gasteiger partial charge in [-0.1, -0.05) is 12.8 Å². The lowest BCUT2D eigenvalue weighted by Crippen LogP contribution is -2.33. The molecule has 1 N–H and O–H groups in total. The van der Waals surface area contributed by atoms with Crippen LogP contribution in [0.2, 0.25) is 0 Å². The van der Waals surface area contributed by atoms with Gasteiger partial charge in [0.15, 0.2) is 0 Å². The molecule has 56 valence electrons. The number of hydrogen-bond acceptors (Lipinski definition) is 2. The molecule has 0 bridgehead atoms. The van der Waals surface area contributed by atoms with Crippen LogP contribution in [0.1, 0.15) is 25.7 Å². The summed E-state index contributed by atoms with van der Waals surface area (Å²) in [5, 5.41) is 2.62. The first kappa shape index (κ1) is 7.25. The third-order valence-corrected chi connectivity index (χ3v) is 1.81. The lowest BCUT2D eigenvalue weighted by Gasteiger charge is -2.07. The molecule has 1 aliphatic carbocycles. The minimum atomic E-state index is -0.480. The summed E-state index contributed by atoms with van der Waals surface area (Å²) in [5.41, 5.74) is 0. The molecule has 1 rings (SSSR count). The van der Waals surface area contributed by atoms with Gasteiger partial charge in [-0.3, -0.25) is 9.59 Å². The molecule has 10 heavy (non-hydrogen) atoms. The molecule has 1 fully saturated rings. The Morgan fingerprint density at radius 1 is 1.40 bits per heavy atom. The molecule has 1 aliphatic rings. The van der Waals surface area contributed by atoms with E-state index in [1.807, 2.05) is 0 Å². The lowest BCUT2D eigenvalue weighted by molar-refractivity contribution is -0.131. The van der Waals surface area contributed by atoms with Crippen LogP contribution in [0.4, 0.5) is 0 Å². The molecule has 0 aromatic carbocycles. The van der Waals surface area contributed by atoms with E-state index in [1.54, 1.807) is 0 Å². The molecule has 1 amide bonds. The Bertz CT molecular complexity index is 139. The number of nitrogens with one attached hydrogen (secondary N) is 1. The second kappa shape index (κ2) is 3.34. The van der Waals surface area contributed by atoms with Crippen molar-refractivity contribution in [2.75, 3.05) is 0 Å². The van der Waals surface area contributed by atoms with E-state index in [2.05, 4.69) is 5.32 Å². The smallest absolute Gasteiger partial charge is 0.284 e. The monoisotopic (exact) mass is 141 g/mol. The molecule has 0 aromatic rings. The van der Waals surface area contributed by atoms with Crippen molar-refractivity contribution in [3.63, 3.8) is 0 Å². The van der Waals surface area contributed by atoms with Gasteiger partial charge in [0.2, 0.25) is 6.29 Å². The summed E-state index contributed by atoms with van der Waals surface area (Å²) in [6.07, 6.45) is 4.73. The molecule has 0 atom stereocenters. The van der Waals surface area contributed by atoms with Gasteiger partial charge in [0.25, 0.3) is 5.91 Å². The van der Waals surface area contributed by atoms with Gasteiger partial charge in [-0.2, -0.15) is 0 Å². The molecule has 0 aliphatic heterocycles. The minimum Gasteiger partial charge on any atom is -0.347 e. The Morgan fingerprint density at radius 2 is 2.00 bits per heavy atom. The Kier molecular flexibility index (Phi) is 2.42. The van der Waals surface area contributed by atoms with E-state index < -0.39 is 5.91 Å². The average molecular weight is 141 g/mol. The van der Waals surface area contributed by atoms with Crippen molar-refractivity contribution in [3.05, 3.63) is 0 Å². The summed E-state index contributed by atoms with van der Waals surface area (Å²) in [6.45, 7) is 0. The lowest BCUT2D eigenvalue weighted by atomic mass is 10.2. The van der Waals surface area contributed by atoms with Gasteiger partial charge in [-0.15, -0.1) is 0 Å². The molecule has 1 saturated carbocycles. The number of amides is 1. The predicted molar refractivity (Wildman–Crippen MR) is 36.5 cm³/mol. The largest absolute Gasteiger partial charge is 0.347 e. The maximum atomic E-state index is 10.5. The second-order valence-corrected chi connectivity index (χ2v) is 2.61. The van der Waals surface area contributed by atoms with Crippen LogP contribution in [-0.2, 0) is 9.59 Å². The van der Waals surface area contributed by atoms with E-state index in [0.717, 1.165) is 12.8 Å². The number of hydrogen-bond donors (Lipinski definition) is 1. The Morgan fingerprint density at radius 3 is 2.50 bits per heavy atom. The fourth-order valence-corrected chi connectivity index (χ4v) is 1.31. The standard InChI is InChI=1S/C7H11NO2/c9-5-7(10)8-6-3-1-2-4-6/h5-6H,1-4H2,(H,8,10). The Labute approximate surface area is 59.8 Å². The van der Waals surface area contributed by atoms with Gasteiger partial charge in [0, 0.05) is 6.04 Å². The molecular formula is C7H11NO2. The van der Waals surface area contributed by atoms with Crippen LogP contribution in [0, 0.1) is 0 Å². The summed E-state index contributed by atoms with van der Waals surface area (Å²) in [6, 6.07) is 0.262. The molecule has 0 spiro atoms. The van der Waals surface area contributed by atoms with Crippen LogP contribution in [0.25, 0.3) is 0 Å². The Hall–Kier alpha value is -0.860. The highest BCUT2D eigenvalue weighted by atomic mass is 16.2. The molecule has 0 heterocycles. The minimum absolute atomic E-state index is 0.262. The van der Waals surface area contributed by atoms with E-state index >= 15 is 0 Å². The number of carbonyl (C=O) groups excluding carboxylic acids is 2. The summed E-state index contributed by atoms with van der Waals surface area (Å²) >= 11 is 0. The average Bonchev–Trinajstić information content (AvgIpc) is 2.40. The third kappa shape index (κ3) is 1.83. The first-order valence-electron chi connectivity index (χ1n) is 3.58. The molecule has 3 nitrogen and oxygen atoms in total. The molecular weight excluding hydrogens is 130 g/mol. The van der Waals surface area contributed by atoms with Crippen molar-refractivity contribution in [1.82, 2.24) is 5.32 Å². The molecule has 0 unspecified atom stereocenters. The van der Waals surface area contributed by atoms with E-state index in [9.17, 15) is 9.59 Å². The van der Waals surface area contributed by atoms with E-state index in [0.29, 0.717) is 6.29 Å². The van der Waals surface area contributed by atoms with Gasteiger partial charge < -0.3 is 5.32 Å². The molecule has 3 heteroatoms. The second-order valence-electron chi connectivity index (χ2n) is 2.61. The van der Waals surface area contributed by atoms with Gasteiger partial charge in [-0.25, -0.2) is 0 Å². The van der Waals surface area contributed by atoms with Gasteiger partial charge in [0.1, 0.15) is 0 Å². The van der Waals surface area contributed by atoms with Crippen molar-refractivity contribution < 1.29 is 9.59 Å². The SMILES string of the molecule is O=CC(=O)NC1CCCC1. The number of aldehydes is 1. The normalized spacial score (nSPS) is 18.8. The van der Waals surface area contributed by atoms with Crippen LogP contribution in [0.3, 0.4) is 0 Å². The fourth-order valence-electron chi connectivity index (χ4n) is 1.31. The summed E-state index contributed by atoms with van der Waals surface area (Å²) < 4.78 is 0. The highest BCUT2D eigenvalue weighted by Gasteiger charge is 2.15. The highest BCUT2D eigenvalue weighted by Crippen LogP contribution is 2.17. The maximum Gasteiger partial charge on any atom is 0.284 e. The van der Waals surface area contributed by atoms with Crippen LogP contribution >= 0.6 is 0 Å². The van der Waals surface area contributed by atoms with Gasteiger partial charge in [-0.05, 0) is 12.8 Å². The highest BCUT2D eigenvalue weighted by molar-refractivity contribution is 6.23. The van der Waals surface area contributed by atoms with Crippen molar-refractivity contribution in [1.29, 1.82) is 0 Å². The van der Waals surface area contributed by atoms with E-state index in [-0.39, 0.29) is 6.04 Å². The zero-order valence-electron chi connectivity index (χ0n) is 5.80. The van der Waals surface area contributed by atoms with Crippen molar-refractivity contribution in [3.8, 4) is 0 Å². The molecule has 0 radical (unpaired) electrons. The zero-order chi connectivity index (χ0) is 7.40. The first-order valence-corrected chi connectivity index (χ1v) is 3.58. The topological polar surface area (TPSA) is 46.2 Å².